The molecule has 0 rings (SSSR count). The van der Waals surface area contributed by atoms with E-state index in [1.54, 1.807) is 0 Å². The number of aliphatic hydroxyl groups is 1. The first-order valence-electron chi connectivity index (χ1n) is 5.05. The van der Waals surface area contributed by atoms with E-state index in [0.717, 1.165) is 0 Å². The van der Waals surface area contributed by atoms with E-state index >= 15 is 0 Å². The van der Waals surface area contributed by atoms with Gasteiger partial charge in [0, 0.05) is 0 Å². The van der Waals surface area contributed by atoms with Crippen LogP contribution >= 0.6 is 0 Å². The van der Waals surface area contributed by atoms with E-state index in [9.17, 15) is 9.59 Å². The van der Waals surface area contributed by atoms with Crippen molar-refractivity contribution in [1.82, 2.24) is 10.7 Å². The normalized spacial score (nSPS) is 12.2. The summed E-state index contributed by atoms with van der Waals surface area (Å²) >= 11 is 0. The van der Waals surface area contributed by atoms with E-state index in [2.05, 4.69) is 9.57 Å². The highest BCUT2D eigenvalue weighted by Crippen LogP contribution is 1.93. The molecule has 106 valence electrons. The van der Waals surface area contributed by atoms with Gasteiger partial charge in [0.25, 0.3) is 0 Å². The molecule has 18 heavy (non-hydrogen) atoms. The molecule has 1 unspecified atom stereocenters. The molecule has 10 heteroatoms. The summed E-state index contributed by atoms with van der Waals surface area (Å²) in [5.41, 5.74) is 0. The van der Waals surface area contributed by atoms with Gasteiger partial charge in [0.2, 0.25) is 0 Å². The smallest absolute Gasteiger partial charge is 0.407 e. The molecule has 0 aromatic carbocycles. The molecule has 0 aliphatic heterocycles. The second kappa shape index (κ2) is 9.56. The molecule has 1 atom stereocenters. The molecule has 1 amide bonds. The maximum atomic E-state index is 11.0. The number of carbonyl (C=O) groups excluding carboxylic acids is 1. The summed E-state index contributed by atoms with van der Waals surface area (Å²) in [5.74, 6) is -1.37. The predicted octanol–water partition coefficient (Wildman–Crippen LogP) is -1.05. The van der Waals surface area contributed by atoms with Crippen molar-refractivity contribution in [1.29, 1.82) is 0 Å². The van der Waals surface area contributed by atoms with Gasteiger partial charge in [0.1, 0.15) is 0 Å². The van der Waals surface area contributed by atoms with Crippen LogP contribution in [0.3, 0.4) is 0 Å². The minimum Gasteiger partial charge on any atom is -0.480 e. The Morgan fingerprint density at radius 1 is 1.22 bits per heavy atom. The van der Waals surface area contributed by atoms with E-state index in [4.69, 9.17) is 20.6 Å². The fourth-order valence-corrected chi connectivity index (χ4v) is 0.885. The average molecular weight is 268 g/mol. The Morgan fingerprint density at radius 3 is 2.33 bits per heavy atom. The number of alkyl carbamates (subject to hydrolysis) is 1. The number of rotatable bonds is 9. The molecule has 5 N–H and O–H groups in total. The topological polar surface area (TPSA) is 149 Å². The van der Waals surface area contributed by atoms with Crippen LogP contribution in [0.15, 0.2) is 0 Å². The Bertz CT molecular complexity index is 259. The Morgan fingerprint density at radius 2 is 1.83 bits per heavy atom. The monoisotopic (exact) mass is 268 g/mol. The maximum Gasteiger partial charge on any atom is 0.407 e. The number of hydrogen-bond acceptors (Lipinski definition) is 8. The van der Waals surface area contributed by atoms with Crippen molar-refractivity contribution >= 4 is 12.1 Å². The third-order valence-corrected chi connectivity index (χ3v) is 1.75. The van der Waals surface area contributed by atoms with Gasteiger partial charge < -0.3 is 20.3 Å². The Labute approximate surface area is 102 Å². The number of hydrogen-bond donors (Lipinski definition) is 5. The fraction of sp³-hybridized carbons (Fsp3) is 0.750. The van der Waals surface area contributed by atoms with Crippen LogP contribution in [-0.4, -0.2) is 63.9 Å². The highest BCUT2D eigenvalue weighted by Gasteiger charge is 2.19. The maximum absolute atomic E-state index is 11.0. The van der Waals surface area contributed by atoms with E-state index < -0.39 is 30.1 Å². The second-order valence-electron chi connectivity index (χ2n) is 3.15. The highest BCUT2D eigenvalue weighted by atomic mass is 17.1. The van der Waals surface area contributed by atoms with Gasteiger partial charge in [-0.1, -0.05) is 0 Å². The molecule has 0 fully saturated rings. The second-order valence-corrected chi connectivity index (χ2v) is 3.15. The molecule has 0 spiro atoms. The van der Waals surface area contributed by atoms with Crippen molar-refractivity contribution < 1.29 is 39.8 Å². The lowest BCUT2D eigenvalue weighted by atomic mass is 10.3. The number of ether oxygens (including phenoxy) is 1. The number of nitrogens with zero attached hydrogens (tertiary/aromatic N) is 1. The lowest BCUT2D eigenvalue weighted by Gasteiger charge is -2.11. The van der Waals surface area contributed by atoms with Crippen LogP contribution in [0.2, 0.25) is 0 Å². The van der Waals surface area contributed by atoms with Gasteiger partial charge in [-0.15, -0.1) is 0 Å². The summed E-state index contributed by atoms with van der Waals surface area (Å²) in [6.45, 7) is -0.711. The van der Waals surface area contributed by atoms with Crippen LogP contribution < -0.4 is 5.32 Å². The molecular formula is C8H16N2O8. The number of unbranched alkanes of at least 4 members (excludes halogenated alkanes) is 1. The summed E-state index contributed by atoms with van der Waals surface area (Å²) < 4.78 is 4.61. The van der Waals surface area contributed by atoms with Crippen LogP contribution in [0.1, 0.15) is 12.8 Å². The van der Waals surface area contributed by atoms with Gasteiger partial charge in [0.15, 0.2) is 6.04 Å². The van der Waals surface area contributed by atoms with Crippen LogP contribution in [-0.2, 0) is 14.4 Å². The zero-order valence-electron chi connectivity index (χ0n) is 9.48. The van der Waals surface area contributed by atoms with Crippen molar-refractivity contribution in [3.8, 4) is 0 Å². The van der Waals surface area contributed by atoms with Crippen molar-refractivity contribution in [2.24, 2.45) is 0 Å². The largest absolute Gasteiger partial charge is 0.480 e. The van der Waals surface area contributed by atoms with Crippen molar-refractivity contribution in [2.75, 3.05) is 19.8 Å². The SMILES string of the molecule is O=C(NC(CO)C(=O)O)OCCCCON(O)O. The molecule has 0 aromatic rings. The Hall–Kier alpha value is -1.46. The lowest BCUT2D eigenvalue weighted by molar-refractivity contribution is -0.492. The molecule has 0 aromatic heterocycles. The van der Waals surface area contributed by atoms with Crippen LogP contribution in [0.4, 0.5) is 4.79 Å². The summed E-state index contributed by atoms with van der Waals surface area (Å²) in [6.07, 6.45) is -0.172. The van der Waals surface area contributed by atoms with E-state index in [0.29, 0.717) is 12.8 Å². The fourth-order valence-electron chi connectivity index (χ4n) is 0.885. The molecule has 0 aliphatic carbocycles. The van der Waals surface area contributed by atoms with Gasteiger partial charge in [-0.05, 0) is 12.8 Å². The number of aliphatic carboxylic acids is 1. The average Bonchev–Trinajstić information content (AvgIpc) is 2.29. The zero-order valence-corrected chi connectivity index (χ0v) is 9.48. The minimum atomic E-state index is -1.40. The summed E-state index contributed by atoms with van der Waals surface area (Å²) in [5, 5.41) is 35.0. The van der Waals surface area contributed by atoms with Crippen molar-refractivity contribution in [2.45, 2.75) is 18.9 Å². The molecule has 0 saturated heterocycles. The summed E-state index contributed by atoms with van der Waals surface area (Å²) in [7, 11) is 0. The van der Waals surface area contributed by atoms with E-state index in [-0.39, 0.29) is 13.2 Å². The van der Waals surface area contributed by atoms with Crippen LogP contribution in [0.25, 0.3) is 0 Å². The first kappa shape index (κ1) is 16.5. The molecule has 0 heterocycles. The third-order valence-electron chi connectivity index (χ3n) is 1.75. The van der Waals surface area contributed by atoms with E-state index in [1.165, 1.54) is 0 Å². The number of carboxylic acids is 1. The number of nitrogens with one attached hydrogen (secondary N) is 1. The van der Waals surface area contributed by atoms with E-state index in [1.807, 2.05) is 5.32 Å². The summed E-state index contributed by atoms with van der Waals surface area (Å²) in [4.78, 5) is 25.7. The number of aliphatic hydroxyl groups excluding tert-OH is 1. The van der Waals surface area contributed by atoms with Gasteiger partial charge >= 0.3 is 12.1 Å². The quantitative estimate of drug-likeness (QED) is 0.261. The molecule has 0 saturated carbocycles. The predicted molar refractivity (Wildman–Crippen MR) is 53.6 cm³/mol. The first-order chi connectivity index (χ1) is 8.47. The molecule has 0 radical (unpaired) electrons. The van der Waals surface area contributed by atoms with Gasteiger partial charge in [-0.25, -0.2) is 9.59 Å². The molecule has 0 aliphatic rings. The van der Waals surface area contributed by atoms with Gasteiger partial charge in [0.05, 0.1) is 25.2 Å². The van der Waals surface area contributed by atoms with Gasteiger partial charge in [-0.2, -0.15) is 0 Å². The molecule has 10 nitrogen and oxygen atoms in total. The van der Waals surface area contributed by atoms with Crippen molar-refractivity contribution in [3.63, 3.8) is 0 Å². The number of carbonyl (C=O) groups is 2. The Balaban J connectivity index is 3.56. The van der Waals surface area contributed by atoms with Gasteiger partial charge in [-0.3, -0.25) is 15.3 Å². The Kier molecular flexibility index (Phi) is 8.78. The third kappa shape index (κ3) is 8.66. The molecule has 0 bridgehead atoms. The van der Waals surface area contributed by atoms with Crippen molar-refractivity contribution in [3.05, 3.63) is 0 Å². The lowest BCUT2D eigenvalue weighted by Crippen LogP contribution is -2.43. The zero-order chi connectivity index (χ0) is 14.0. The number of amides is 1. The first-order valence-corrected chi connectivity index (χ1v) is 5.05. The van der Waals surface area contributed by atoms with Crippen LogP contribution in [0.5, 0.6) is 0 Å². The minimum absolute atomic E-state index is 0.00379. The standard InChI is InChI=1S/C8H16N2O8/c11-5-6(7(12)13)9-8(14)17-3-1-2-4-18-10(15)16/h6,11,15-16H,1-5H2,(H,9,14)(H,12,13). The number of carboxylic acid groups (broad SMARTS) is 1. The summed E-state index contributed by atoms with van der Waals surface area (Å²) in [6, 6.07) is -1.40. The molecular weight excluding hydrogens is 252 g/mol. The van der Waals surface area contributed by atoms with Crippen LogP contribution in [0, 0.1) is 0 Å². The highest BCUT2D eigenvalue weighted by molar-refractivity contribution is 5.79.